The Morgan fingerprint density at radius 3 is 2.70 bits per heavy atom. The summed E-state index contributed by atoms with van der Waals surface area (Å²) in [5, 5.41) is 7.06. The molecule has 0 radical (unpaired) electrons. The van der Waals surface area contributed by atoms with Crippen molar-refractivity contribution in [1.29, 1.82) is 0 Å². The molecule has 112 valence electrons. The number of carbonyl (C=O) groups is 1. The molecule has 0 aliphatic carbocycles. The van der Waals surface area contributed by atoms with Crippen LogP contribution in [0, 0.1) is 5.92 Å². The summed E-state index contributed by atoms with van der Waals surface area (Å²) in [4.78, 5) is 15.4. The summed E-state index contributed by atoms with van der Waals surface area (Å²) in [5.74, 6) is 0.514. The minimum atomic E-state index is -0.0262. The Balaban J connectivity index is 1.93. The van der Waals surface area contributed by atoms with Crippen LogP contribution in [0.1, 0.15) is 49.0 Å². The Labute approximate surface area is 124 Å². The summed E-state index contributed by atoms with van der Waals surface area (Å²) in [7, 11) is 0. The average Bonchev–Trinajstić information content (AvgIpc) is 3.09. The standard InChI is InChI=1S/C14H24N4OS/c1-4-11-13(20-17-16-11)14(19)15-9-12(10(2)3)18-7-5-6-8-18/h10,12H,4-9H2,1-3H3,(H,15,19)/t12-/m1/s1. The predicted molar refractivity (Wildman–Crippen MR) is 81.1 cm³/mol. The number of aromatic nitrogens is 2. The van der Waals surface area contributed by atoms with Gasteiger partial charge in [-0.05, 0) is 49.8 Å². The molecule has 0 aromatic carbocycles. The van der Waals surface area contributed by atoms with E-state index in [1.807, 2.05) is 6.92 Å². The van der Waals surface area contributed by atoms with Crippen LogP contribution in [0.15, 0.2) is 0 Å². The van der Waals surface area contributed by atoms with Crippen molar-refractivity contribution in [2.75, 3.05) is 19.6 Å². The number of likely N-dealkylation sites (tertiary alicyclic amines) is 1. The zero-order valence-electron chi connectivity index (χ0n) is 12.6. The normalized spacial score (nSPS) is 17.6. The van der Waals surface area contributed by atoms with Gasteiger partial charge in [-0.15, -0.1) is 5.10 Å². The topological polar surface area (TPSA) is 58.1 Å². The lowest BCUT2D eigenvalue weighted by molar-refractivity contribution is 0.0930. The molecule has 1 N–H and O–H groups in total. The first-order chi connectivity index (χ1) is 9.63. The first-order valence-electron chi connectivity index (χ1n) is 7.47. The van der Waals surface area contributed by atoms with Crippen LogP contribution in [0.4, 0.5) is 0 Å². The van der Waals surface area contributed by atoms with Crippen LogP contribution in [0.25, 0.3) is 0 Å². The van der Waals surface area contributed by atoms with Crippen LogP contribution in [0.5, 0.6) is 0 Å². The summed E-state index contributed by atoms with van der Waals surface area (Å²) in [6.07, 6.45) is 3.30. The number of aryl methyl sites for hydroxylation is 1. The monoisotopic (exact) mass is 296 g/mol. The molecule has 1 aromatic heterocycles. The molecule has 5 nitrogen and oxygen atoms in total. The molecule has 1 saturated heterocycles. The van der Waals surface area contributed by atoms with Crippen LogP contribution in [-0.2, 0) is 6.42 Å². The van der Waals surface area contributed by atoms with Gasteiger partial charge in [0.15, 0.2) is 0 Å². The second-order valence-electron chi connectivity index (χ2n) is 5.67. The molecule has 2 rings (SSSR count). The van der Waals surface area contributed by atoms with E-state index in [2.05, 4.69) is 33.7 Å². The van der Waals surface area contributed by atoms with Gasteiger partial charge in [0, 0.05) is 12.6 Å². The molecule has 1 aromatic rings. The number of nitrogens with zero attached hydrogens (tertiary/aromatic N) is 3. The fraction of sp³-hybridized carbons (Fsp3) is 0.786. The van der Waals surface area contributed by atoms with Gasteiger partial charge in [-0.3, -0.25) is 9.69 Å². The van der Waals surface area contributed by atoms with E-state index in [-0.39, 0.29) is 5.91 Å². The molecular formula is C14H24N4OS. The average molecular weight is 296 g/mol. The van der Waals surface area contributed by atoms with Crippen LogP contribution in [-0.4, -0.2) is 46.1 Å². The van der Waals surface area contributed by atoms with Gasteiger partial charge in [-0.2, -0.15) is 0 Å². The SMILES string of the molecule is CCc1nnsc1C(=O)NC[C@H](C(C)C)N1CCCC1. The lowest BCUT2D eigenvalue weighted by Gasteiger charge is -2.30. The van der Waals surface area contributed by atoms with Gasteiger partial charge in [0.1, 0.15) is 4.88 Å². The quantitative estimate of drug-likeness (QED) is 0.872. The molecule has 1 aliphatic rings. The van der Waals surface area contributed by atoms with Gasteiger partial charge >= 0.3 is 0 Å². The maximum Gasteiger partial charge on any atom is 0.265 e. The number of rotatable bonds is 6. The van der Waals surface area contributed by atoms with E-state index >= 15 is 0 Å². The Morgan fingerprint density at radius 1 is 1.40 bits per heavy atom. The maximum atomic E-state index is 12.2. The highest BCUT2D eigenvalue weighted by Crippen LogP contribution is 2.17. The lowest BCUT2D eigenvalue weighted by atomic mass is 10.0. The molecule has 1 fully saturated rings. The van der Waals surface area contributed by atoms with E-state index in [4.69, 9.17) is 0 Å². The van der Waals surface area contributed by atoms with Crippen molar-refractivity contribution in [3.05, 3.63) is 10.6 Å². The summed E-state index contributed by atoms with van der Waals surface area (Å²) in [6.45, 7) is 9.45. The summed E-state index contributed by atoms with van der Waals surface area (Å²) in [5.41, 5.74) is 0.801. The smallest absolute Gasteiger partial charge is 0.265 e. The molecule has 6 heteroatoms. The van der Waals surface area contributed by atoms with Gasteiger partial charge in [0.25, 0.3) is 5.91 Å². The molecular weight excluding hydrogens is 272 g/mol. The zero-order chi connectivity index (χ0) is 14.5. The lowest BCUT2D eigenvalue weighted by Crippen LogP contribution is -2.45. The minimum Gasteiger partial charge on any atom is -0.350 e. The highest BCUT2D eigenvalue weighted by atomic mass is 32.1. The number of carbonyl (C=O) groups excluding carboxylic acids is 1. The largest absolute Gasteiger partial charge is 0.350 e. The fourth-order valence-corrected chi connectivity index (χ4v) is 3.42. The molecule has 2 heterocycles. The Kier molecular flexibility index (Phi) is 5.48. The van der Waals surface area contributed by atoms with Crippen molar-refractivity contribution in [2.45, 2.75) is 46.1 Å². The molecule has 0 unspecified atom stereocenters. The summed E-state index contributed by atoms with van der Waals surface area (Å²) in [6, 6.07) is 0.424. The molecule has 0 saturated carbocycles. The van der Waals surface area contributed by atoms with E-state index < -0.39 is 0 Å². The molecule has 1 atom stereocenters. The third kappa shape index (κ3) is 3.55. The van der Waals surface area contributed by atoms with Gasteiger partial charge in [0.2, 0.25) is 0 Å². The van der Waals surface area contributed by atoms with Crippen molar-refractivity contribution < 1.29 is 4.79 Å². The van der Waals surface area contributed by atoms with Crippen molar-refractivity contribution in [3.8, 4) is 0 Å². The van der Waals surface area contributed by atoms with E-state index in [0.717, 1.165) is 25.2 Å². The second kappa shape index (κ2) is 7.13. The van der Waals surface area contributed by atoms with Crippen LogP contribution < -0.4 is 5.32 Å². The van der Waals surface area contributed by atoms with E-state index in [9.17, 15) is 4.79 Å². The van der Waals surface area contributed by atoms with Crippen molar-refractivity contribution >= 4 is 17.4 Å². The number of amides is 1. The minimum absolute atomic E-state index is 0.0262. The zero-order valence-corrected chi connectivity index (χ0v) is 13.4. The highest BCUT2D eigenvalue weighted by Gasteiger charge is 2.25. The van der Waals surface area contributed by atoms with E-state index in [0.29, 0.717) is 23.4 Å². The molecule has 1 aliphatic heterocycles. The van der Waals surface area contributed by atoms with Gasteiger partial charge in [-0.1, -0.05) is 25.3 Å². The molecule has 20 heavy (non-hydrogen) atoms. The number of hydrogen-bond acceptors (Lipinski definition) is 5. The summed E-state index contributed by atoms with van der Waals surface area (Å²) >= 11 is 1.19. The Morgan fingerprint density at radius 2 is 2.10 bits per heavy atom. The van der Waals surface area contributed by atoms with Crippen LogP contribution in [0.3, 0.4) is 0 Å². The second-order valence-corrected chi connectivity index (χ2v) is 6.42. The van der Waals surface area contributed by atoms with Crippen molar-refractivity contribution in [1.82, 2.24) is 19.8 Å². The Hall–Kier alpha value is -1.01. The Bertz CT molecular complexity index is 440. The van der Waals surface area contributed by atoms with Crippen LogP contribution in [0.2, 0.25) is 0 Å². The number of nitrogens with one attached hydrogen (secondary N) is 1. The first-order valence-corrected chi connectivity index (χ1v) is 8.24. The third-order valence-corrected chi connectivity index (χ3v) is 4.71. The van der Waals surface area contributed by atoms with Gasteiger partial charge in [0.05, 0.1) is 5.69 Å². The molecule has 0 bridgehead atoms. The van der Waals surface area contributed by atoms with Gasteiger partial charge < -0.3 is 5.32 Å². The summed E-state index contributed by atoms with van der Waals surface area (Å²) < 4.78 is 3.87. The van der Waals surface area contributed by atoms with E-state index in [1.165, 1.54) is 24.4 Å². The molecule has 0 spiro atoms. The maximum absolute atomic E-state index is 12.2. The van der Waals surface area contributed by atoms with Crippen LogP contribution >= 0.6 is 11.5 Å². The third-order valence-electron chi connectivity index (χ3n) is 3.95. The first kappa shape index (κ1) is 15.4. The fourth-order valence-electron chi connectivity index (χ4n) is 2.75. The van der Waals surface area contributed by atoms with Crippen molar-refractivity contribution in [3.63, 3.8) is 0 Å². The molecule has 1 amide bonds. The van der Waals surface area contributed by atoms with Gasteiger partial charge in [-0.25, -0.2) is 0 Å². The highest BCUT2D eigenvalue weighted by molar-refractivity contribution is 7.08. The van der Waals surface area contributed by atoms with Crippen molar-refractivity contribution in [2.24, 2.45) is 5.92 Å². The predicted octanol–water partition coefficient (Wildman–Crippen LogP) is 1.95. The number of hydrogen-bond donors (Lipinski definition) is 1. The van der Waals surface area contributed by atoms with E-state index in [1.54, 1.807) is 0 Å².